The van der Waals surface area contributed by atoms with Gasteiger partial charge in [-0.15, -0.1) is 0 Å². The van der Waals surface area contributed by atoms with Crippen LogP contribution in [0.15, 0.2) is 23.3 Å². The Hall–Kier alpha value is -2.74. The van der Waals surface area contributed by atoms with Gasteiger partial charge in [-0.05, 0) is 43.9 Å². The number of benzene rings is 1. The average Bonchev–Trinajstić information content (AvgIpc) is 3.19. The average molecular weight is 400 g/mol. The Morgan fingerprint density at radius 3 is 2.79 bits per heavy atom. The molecular formula is C21H28N4O4. The van der Waals surface area contributed by atoms with Crippen LogP contribution in [0.2, 0.25) is 0 Å². The molecule has 0 aromatic heterocycles. The second kappa shape index (κ2) is 9.17. The maximum absolute atomic E-state index is 13.1. The van der Waals surface area contributed by atoms with E-state index in [0.717, 1.165) is 29.7 Å². The number of nitrogens with one attached hydrogen (secondary N) is 1. The van der Waals surface area contributed by atoms with Gasteiger partial charge in [-0.25, -0.2) is 5.01 Å². The van der Waals surface area contributed by atoms with Crippen molar-refractivity contribution < 1.29 is 19.1 Å². The fourth-order valence-electron chi connectivity index (χ4n) is 3.51. The first-order chi connectivity index (χ1) is 13.8. The molecule has 2 heterocycles. The second-order valence-electron chi connectivity index (χ2n) is 7.58. The Morgan fingerprint density at radius 1 is 1.31 bits per heavy atom. The summed E-state index contributed by atoms with van der Waals surface area (Å²) in [6.45, 7) is 4.83. The van der Waals surface area contributed by atoms with Crippen molar-refractivity contribution in [2.75, 3.05) is 32.1 Å². The lowest BCUT2D eigenvalue weighted by atomic mass is 10.1. The van der Waals surface area contributed by atoms with Crippen LogP contribution in [0.1, 0.15) is 36.8 Å². The van der Waals surface area contributed by atoms with Crippen LogP contribution in [-0.2, 0) is 19.1 Å². The van der Waals surface area contributed by atoms with Crippen LogP contribution in [0.25, 0.3) is 0 Å². The lowest BCUT2D eigenvalue weighted by molar-refractivity contribution is -0.132. The maximum Gasteiger partial charge on any atom is 0.270 e. The Morgan fingerprint density at radius 2 is 2.10 bits per heavy atom. The van der Waals surface area contributed by atoms with Gasteiger partial charge in [0, 0.05) is 38.7 Å². The summed E-state index contributed by atoms with van der Waals surface area (Å²) in [7, 11) is 1.53. The lowest BCUT2D eigenvalue weighted by Crippen LogP contribution is -2.47. The molecule has 0 bridgehead atoms. The van der Waals surface area contributed by atoms with Crippen LogP contribution in [0.5, 0.6) is 0 Å². The molecule has 1 N–H and O–H groups in total. The molecule has 3 amide bonds. The van der Waals surface area contributed by atoms with E-state index in [0.29, 0.717) is 18.9 Å². The molecule has 1 fully saturated rings. The molecule has 1 unspecified atom stereocenters. The third kappa shape index (κ3) is 5.20. The van der Waals surface area contributed by atoms with Gasteiger partial charge < -0.3 is 15.0 Å². The Labute approximate surface area is 170 Å². The van der Waals surface area contributed by atoms with Gasteiger partial charge in [-0.1, -0.05) is 12.1 Å². The van der Waals surface area contributed by atoms with Gasteiger partial charge in [0.2, 0.25) is 11.8 Å². The standard InChI is InChI=1S/C21H28N4O4/c1-14-6-4-8-17(15(14)2)22-19(26)13-25(12-16-7-5-11-29-16)21(28)18-9-10-20(27)24(3)23-18/h4,6,8,16H,5,7,9-13H2,1-3H3,(H,22,26). The highest BCUT2D eigenvalue weighted by molar-refractivity contribution is 6.39. The normalized spacial score (nSPS) is 19.1. The number of hydrogen-bond donors (Lipinski definition) is 1. The molecule has 1 aromatic carbocycles. The SMILES string of the molecule is Cc1cccc(NC(=O)CN(CC2CCCO2)C(=O)C2=NN(C)C(=O)CC2)c1C. The number of anilines is 1. The van der Waals surface area contributed by atoms with Gasteiger partial charge >= 0.3 is 0 Å². The second-order valence-corrected chi connectivity index (χ2v) is 7.58. The van der Waals surface area contributed by atoms with Crippen molar-refractivity contribution in [3.8, 4) is 0 Å². The molecule has 156 valence electrons. The topological polar surface area (TPSA) is 91.3 Å². The van der Waals surface area contributed by atoms with Crippen molar-refractivity contribution >= 4 is 29.1 Å². The van der Waals surface area contributed by atoms with Crippen molar-refractivity contribution in [3.05, 3.63) is 29.3 Å². The van der Waals surface area contributed by atoms with Crippen molar-refractivity contribution in [2.45, 2.75) is 45.6 Å². The largest absolute Gasteiger partial charge is 0.376 e. The molecule has 1 atom stereocenters. The molecule has 1 aromatic rings. The van der Waals surface area contributed by atoms with E-state index in [1.807, 2.05) is 32.0 Å². The summed E-state index contributed by atoms with van der Waals surface area (Å²) in [5.41, 5.74) is 3.11. The van der Waals surface area contributed by atoms with Crippen molar-refractivity contribution in [3.63, 3.8) is 0 Å². The van der Waals surface area contributed by atoms with Crippen molar-refractivity contribution in [2.24, 2.45) is 5.10 Å². The number of nitrogens with zero attached hydrogens (tertiary/aromatic N) is 3. The first-order valence-electron chi connectivity index (χ1n) is 9.96. The molecular weight excluding hydrogens is 372 g/mol. The van der Waals surface area contributed by atoms with Gasteiger partial charge in [-0.3, -0.25) is 14.4 Å². The summed E-state index contributed by atoms with van der Waals surface area (Å²) in [6.07, 6.45) is 2.23. The number of hydrogen-bond acceptors (Lipinski definition) is 5. The predicted octanol–water partition coefficient (Wildman–Crippen LogP) is 1.86. The van der Waals surface area contributed by atoms with E-state index >= 15 is 0 Å². The quantitative estimate of drug-likeness (QED) is 0.789. The van der Waals surface area contributed by atoms with E-state index in [2.05, 4.69) is 10.4 Å². The van der Waals surface area contributed by atoms with Crippen LogP contribution in [-0.4, -0.2) is 66.2 Å². The molecule has 1 saturated heterocycles. The van der Waals surface area contributed by atoms with E-state index < -0.39 is 0 Å². The number of hydrazone groups is 1. The van der Waals surface area contributed by atoms with Gasteiger partial charge in [0.15, 0.2) is 0 Å². The number of aryl methyl sites for hydroxylation is 1. The third-order valence-electron chi connectivity index (χ3n) is 5.40. The monoisotopic (exact) mass is 400 g/mol. The van der Waals surface area contributed by atoms with E-state index in [9.17, 15) is 14.4 Å². The molecule has 2 aliphatic heterocycles. The Bertz CT molecular complexity index is 830. The summed E-state index contributed by atoms with van der Waals surface area (Å²) in [5.74, 6) is -0.721. The number of rotatable bonds is 6. The number of ether oxygens (including phenoxy) is 1. The number of carbonyl (C=O) groups is 3. The first-order valence-corrected chi connectivity index (χ1v) is 9.96. The minimum absolute atomic E-state index is 0.0870. The minimum Gasteiger partial charge on any atom is -0.376 e. The lowest BCUT2D eigenvalue weighted by Gasteiger charge is -2.27. The third-order valence-corrected chi connectivity index (χ3v) is 5.40. The van der Waals surface area contributed by atoms with Crippen LogP contribution >= 0.6 is 0 Å². The van der Waals surface area contributed by atoms with Gasteiger partial charge in [0.1, 0.15) is 12.3 Å². The minimum atomic E-state index is -0.323. The van der Waals surface area contributed by atoms with E-state index in [1.165, 1.54) is 17.0 Å². The summed E-state index contributed by atoms with van der Waals surface area (Å²) >= 11 is 0. The van der Waals surface area contributed by atoms with Crippen LogP contribution in [0, 0.1) is 13.8 Å². The highest BCUT2D eigenvalue weighted by Crippen LogP contribution is 2.19. The molecule has 3 rings (SSSR count). The molecule has 29 heavy (non-hydrogen) atoms. The number of carbonyl (C=O) groups excluding carboxylic acids is 3. The van der Waals surface area contributed by atoms with Crippen molar-refractivity contribution in [1.82, 2.24) is 9.91 Å². The smallest absolute Gasteiger partial charge is 0.270 e. The summed E-state index contributed by atoms with van der Waals surface area (Å²) in [6, 6.07) is 5.71. The molecule has 0 saturated carbocycles. The fraction of sp³-hybridized carbons (Fsp3) is 0.524. The van der Waals surface area contributed by atoms with Gasteiger partial charge in [0.25, 0.3) is 5.91 Å². The summed E-state index contributed by atoms with van der Waals surface area (Å²) in [5, 5.41) is 8.21. The Kier molecular flexibility index (Phi) is 6.64. The zero-order valence-corrected chi connectivity index (χ0v) is 17.2. The highest BCUT2D eigenvalue weighted by Gasteiger charge is 2.30. The molecule has 0 radical (unpaired) electrons. The molecule has 0 aliphatic carbocycles. The fourth-order valence-corrected chi connectivity index (χ4v) is 3.51. The van der Waals surface area contributed by atoms with Gasteiger partial charge in [0.05, 0.1) is 6.10 Å². The molecule has 0 spiro atoms. The van der Waals surface area contributed by atoms with Crippen LogP contribution in [0.3, 0.4) is 0 Å². The molecule has 2 aliphatic rings. The summed E-state index contributed by atoms with van der Waals surface area (Å²) in [4.78, 5) is 38.9. The van der Waals surface area contributed by atoms with E-state index in [4.69, 9.17) is 4.74 Å². The van der Waals surface area contributed by atoms with Crippen LogP contribution in [0.4, 0.5) is 5.69 Å². The molecule has 8 heteroatoms. The summed E-state index contributed by atoms with van der Waals surface area (Å²) < 4.78 is 5.66. The van der Waals surface area contributed by atoms with Gasteiger partial charge in [-0.2, -0.15) is 5.10 Å². The predicted molar refractivity (Wildman–Crippen MR) is 110 cm³/mol. The number of amides is 3. The van der Waals surface area contributed by atoms with E-state index in [1.54, 1.807) is 0 Å². The van der Waals surface area contributed by atoms with Crippen LogP contribution < -0.4 is 5.32 Å². The zero-order chi connectivity index (χ0) is 21.0. The maximum atomic E-state index is 13.1. The molecule has 8 nitrogen and oxygen atoms in total. The zero-order valence-electron chi connectivity index (χ0n) is 17.2. The van der Waals surface area contributed by atoms with E-state index in [-0.39, 0.29) is 43.2 Å². The van der Waals surface area contributed by atoms with Crippen molar-refractivity contribution in [1.29, 1.82) is 0 Å². The Balaban J connectivity index is 1.73. The highest BCUT2D eigenvalue weighted by atomic mass is 16.5. The first kappa shape index (κ1) is 21.0.